The summed E-state index contributed by atoms with van der Waals surface area (Å²) in [4.78, 5) is 13.6. The first kappa shape index (κ1) is 9.70. The minimum Gasteiger partial charge on any atom is -0.492 e. The molecule has 0 saturated carbocycles. The molecule has 0 amide bonds. The zero-order valence-electron chi connectivity index (χ0n) is 7.95. The predicted molar refractivity (Wildman–Crippen MR) is 50.6 cm³/mol. The summed E-state index contributed by atoms with van der Waals surface area (Å²) in [5.41, 5.74) is -0.309. The largest absolute Gasteiger partial charge is 0.492 e. The van der Waals surface area contributed by atoms with Crippen molar-refractivity contribution in [2.24, 2.45) is 0 Å². The van der Waals surface area contributed by atoms with E-state index in [0.717, 1.165) is 19.4 Å². The molecule has 13 heavy (non-hydrogen) atoms. The summed E-state index contributed by atoms with van der Waals surface area (Å²) >= 11 is 0. The number of imidazole rings is 1. The van der Waals surface area contributed by atoms with Crippen LogP contribution in [0.15, 0.2) is 11.0 Å². The van der Waals surface area contributed by atoms with E-state index in [0.29, 0.717) is 0 Å². The van der Waals surface area contributed by atoms with E-state index in [1.807, 2.05) is 0 Å². The van der Waals surface area contributed by atoms with E-state index in [-0.39, 0.29) is 11.6 Å². The number of H-pyrrole nitrogens is 1. The lowest BCUT2D eigenvalue weighted by Crippen LogP contribution is -2.38. The van der Waals surface area contributed by atoms with Crippen LogP contribution in [0.5, 0.6) is 5.88 Å². The first-order valence-electron chi connectivity index (χ1n) is 4.37. The minimum absolute atomic E-state index is 0.0522. The molecule has 1 aromatic rings. The Morgan fingerprint density at radius 2 is 2.38 bits per heavy atom. The maximum absolute atomic E-state index is 11.2. The Morgan fingerprint density at radius 1 is 1.69 bits per heavy atom. The zero-order valence-corrected chi connectivity index (χ0v) is 7.95. The summed E-state index contributed by atoms with van der Waals surface area (Å²) in [6.45, 7) is 2.83. The highest BCUT2D eigenvalue weighted by Gasteiger charge is 2.07. The van der Waals surface area contributed by atoms with Gasteiger partial charge >= 0.3 is 5.69 Å². The van der Waals surface area contributed by atoms with Gasteiger partial charge in [-0.05, 0) is 6.42 Å². The van der Waals surface area contributed by atoms with Crippen LogP contribution in [-0.4, -0.2) is 28.4 Å². The normalized spacial score (nSPS) is 10.3. The lowest BCUT2D eigenvalue weighted by atomic mass is 10.3. The molecular weight excluding hydrogens is 170 g/mol. The van der Waals surface area contributed by atoms with Crippen molar-refractivity contribution in [2.75, 3.05) is 18.6 Å². The molecule has 0 aliphatic carbocycles. The van der Waals surface area contributed by atoms with E-state index in [4.69, 9.17) is 0 Å². The molecule has 0 saturated heterocycles. The highest BCUT2D eigenvalue weighted by atomic mass is 16.3. The van der Waals surface area contributed by atoms with Gasteiger partial charge in [-0.2, -0.15) is 4.68 Å². The van der Waals surface area contributed by atoms with Crippen molar-refractivity contribution in [2.45, 2.75) is 19.8 Å². The highest BCUT2D eigenvalue weighted by molar-refractivity contribution is 5.06. The molecule has 0 aliphatic heterocycles. The molecule has 0 atom stereocenters. The maximum atomic E-state index is 11.2. The molecule has 2 N–H and O–H groups in total. The fraction of sp³-hybridized carbons (Fsp3) is 0.625. The Hall–Kier alpha value is -1.39. The van der Waals surface area contributed by atoms with E-state index in [2.05, 4.69) is 11.9 Å². The molecule has 1 rings (SSSR count). The van der Waals surface area contributed by atoms with Gasteiger partial charge in [-0.25, -0.2) is 4.79 Å². The van der Waals surface area contributed by atoms with Gasteiger partial charge < -0.3 is 15.1 Å². The van der Waals surface area contributed by atoms with Crippen molar-refractivity contribution in [3.63, 3.8) is 0 Å². The van der Waals surface area contributed by atoms with Crippen molar-refractivity contribution in [1.82, 2.24) is 9.66 Å². The third kappa shape index (κ3) is 2.05. The van der Waals surface area contributed by atoms with E-state index in [1.54, 1.807) is 12.1 Å². The van der Waals surface area contributed by atoms with Gasteiger partial charge in [0.05, 0.1) is 6.20 Å². The number of unbranched alkanes of at least 4 members (excludes halogenated alkanes) is 1. The molecular formula is C8H15N3O2. The fourth-order valence-electron chi connectivity index (χ4n) is 1.17. The fourth-order valence-corrected chi connectivity index (χ4v) is 1.17. The zero-order chi connectivity index (χ0) is 9.84. The standard InChI is InChI=1S/C8H15N3O2/c1-3-4-5-10(2)11-7(12)6-9-8(11)13/h6,12H,3-5H2,1-2H3,(H,9,13). The number of hydrogen-bond acceptors (Lipinski definition) is 3. The molecule has 1 heterocycles. The summed E-state index contributed by atoms with van der Waals surface area (Å²) < 4.78 is 1.22. The minimum atomic E-state index is -0.309. The van der Waals surface area contributed by atoms with Gasteiger partial charge in [-0.3, -0.25) is 0 Å². The molecule has 0 aromatic carbocycles. The van der Waals surface area contributed by atoms with Crippen LogP contribution >= 0.6 is 0 Å². The molecule has 0 radical (unpaired) electrons. The van der Waals surface area contributed by atoms with Crippen molar-refractivity contribution in [1.29, 1.82) is 0 Å². The molecule has 1 aromatic heterocycles. The first-order chi connectivity index (χ1) is 6.16. The number of rotatable bonds is 4. The summed E-state index contributed by atoms with van der Waals surface area (Å²) in [6, 6.07) is 0. The van der Waals surface area contributed by atoms with Gasteiger partial charge in [-0.1, -0.05) is 13.3 Å². The molecule has 0 spiro atoms. The summed E-state index contributed by atoms with van der Waals surface area (Å²) in [5, 5.41) is 11.0. The van der Waals surface area contributed by atoms with Crippen LogP contribution in [-0.2, 0) is 0 Å². The van der Waals surface area contributed by atoms with Gasteiger partial charge in [0.25, 0.3) is 0 Å². The lowest BCUT2D eigenvalue weighted by Gasteiger charge is -2.18. The number of hydrogen-bond donors (Lipinski definition) is 2. The molecule has 0 aliphatic rings. The number of nitrogens with zero attached hydrogens (tertiary/aromatic N) is 2. The van der Waals surface area contributed by atoms with E-state index in [1.165, 1.54) is 10.9 Å². The van der Waals surface area contributed by atoms with Crippen LogP contribution in [0.1, 0.15) is 19.8 Å². The molecule has 5 heteroatoms. The Bertz CT molecular complexity index is 315. The van der Waals surface area contributed by atoms with E-state index < -0.39 is 0 Å². The van der Waals surface area contributed by atoms with Crippen LogP contribution in [0.2, 0.25) is 0 Å². The summed E-state index contributed by atoms with van der Waals surface area (Å²) in [6.07, 6.45) is 3.34. The molecule has 74 valence electrons. The highest BCUT2D eigenvalue weighted by Crippen LogP contribution is 2.02. The van der Waals surface area contributed by atoms with Crippen LogP contribution in [0.3, 0.4) is 0 Å². The molecule has 0 bridgehead atoms. The topological polar surface area (TPSA) is 61.3 Å². The van der Waals surface area contributed by atoms with Crippen molar-refractivity contribution < 1.29 is 5.11 Å². The number of aromatic amines is 1. The SMILES string of the molecule is CCCCN(C)n1c(O)c[nH]c1=O. The molecule has 0 unspecified atom stereocenters. The third-order valence-electron chi connectivity index (χ3n) is 1.91. The number of aromatic hydroxyl groups is 1. The van der Waals surface area contributed by atoms with Crippen molar-refractivity contribution in [3.8, 4) is 5.88 Å². The van der Waals surface area contributed by atoms with Crippen LogP contribution < -0.4 is 10.7 Å². The second-order valence-electron chi connectivity index (χ2n) is 3.00. The van der Waals surface area contributed by atoms with Crippen LogP contribution in [0.25, 0.3) is 0 Å². The monoisotopic (exact) mass is 185 g/mol. The van der Waals surface area contributed by atoms with Gasteiger partial charge in [0, 0.05) is 13.6 Å². The van der Waals surface area contributed by atoms with E-state index in [9.17, 15) is 9.90 Å². The van der Waals surface area contributed by atoms with Crippen LogP contribution in [0, 0.1) is 0 Å². The Kier molecular flexibility index (Phi) is 3.00. The second-order valence-corrected chi connectivity index (χ2v) is 3.00. The van der Waals surface area contributed by atoms with Crippen LogP contribution in [0.4, 0.5) is 0 Å². The second kappa shape index (κ2) is 4.02. The summed E-state index contributed by atoms with van der Waals surface area (Å²) in [5.74, 6) is -0.0522. The van der Waals surface area contributed by atoms with Gasteiger partial charge in [0.15, 0.2) is 0 Å². The summed E-state index contributed by atoms with van der Waals surface area (Å²) in [7, 11) is 1.77. The number of aromatic nitrogens is 2. The Balaban J connectivity index is 2.75. The van der Waals surface area contributed by atoms with Gasteiger partial charge in [0.1, 0.15) is 0 Å². The van der Waals surface area contributed by atoms with Gasteiger partial charge in [0.2, 0.25) is 5.88 Å². The maximum Gasteiger partial charge on any atom is 0.347 e. The van der Waals surface area contributed by atoms with Gasteiger partial charge in [-0.15, -0.1) is 0 Å². The average Bonchev–Trinajstić information content (AvgIpc) is 2.42. The quantitative estimate of drug-likeness (QED) is 0.706. The van der Waals surface area contributed by atoms with Crippen molar-refractivity contribution in [3.05, 3.63) is 16.7 Å². The molecule has 0 fully saturated rings. The predicted octanol–water partition coefficient (Wildman–Crippen LogP) is 0.250. The molecule has 5 nitrogen and oxygen atoms in total. The van der Waals surface area contributed by atoms with Crippen molar-refractivity contribution >= 4 is 0 Å². The number of nitrogens with one attached hydrogen (secondary N) is 1. The Morgan fingerprint density at radius 3 is 2.85 bits per heavy atom. The first-order valence-corrected chi connectivity index (χ1v) is 4.37. The van der Waals surface area contributed by atoms with E-state index >= 15 is 0 Å². The average molecular weight is 185 g/mol. The lowest BCUT2D eigenvalue weighted by molar-refractivity contribution is 0.408. The smallest absolute Gasteiger partial charge is 0.347 e. The third-order valence-corrected chi connectivity index (χ3v) is 1.91. The Labute approximate surface area is 76.6 Å².